The van der Waals surface area contributed by atoms with E-state index < -0.39 is 18.0 Å². The van der Waals surface area contributed by atoms with E-state index in [-0.39, 0.29) is 29.5 Å². The molecule has 0 aliphatic carbocycles. The minimum absolute atomic E-state index is 0. The van der Waals surface area contributed by atoms with Crippen molar-refractivity contribution in [2.45, 2.75) is 62.1 Å². The summed E-state index contributed by atoms with van der Waals surface area (Å²) in [5.74, 6) is -0.588. The smallest absolute Gasteiger partial charge is 0.406 e. The van der Waals surface area contributed by atoms with Crippen molar-refractivity contribution in [3.05, 3.63) is 65.5 Å². The molecule has 3 nitrogen and oxygen atoms in total. The summed E-state index contributed by atoms with van der Waals surface area (Å²) in [6.07, 6.45) is -0.490. The van der Waals surface area contributed by atoms with Crippen LogP contribution >= 0.6 is 12.4 Å². The first-order valence-corrected chi connectivity index (χ1v) is 9.76. The van der Waals surface area contributed by atoms with E-state index in [2.05, 4.69) is 10.1 Å². The second-order valence-corrected chi connectivity index (χ2v) is 8.21. The van der Waals surface area contributed by atoms with Gasteiger partial charge in [0.2, 0.25) is 0 Å². The highest BCUT2D eigenvalue weighted by Crippen LogP contribution is 2.52. The van der Waals surface area contributed by atoms with Crippen LogP contribution in [0.1, 0.15) is 49.3 Å². The third-order valence-corrected chi connectivity index (χ3v) is 6.35. The Kier molecular flexibility index (Phi) is 6.37. The van der Waals surface area contributed by atoms with Crippen LogP contribution in [0.15, 0.2) is 48.5 Å². The largest absolute Gasteiger partial charge is 0.573 e. The van der Waals surface area contributed by atoms with Gasteiger partial charge in [0.1, 0.15) is 11.6 Å². The summed E-state index contributed by atoms with van der Waals surface area (Å²) in [5, 5.41) is 14.5. The van der Waals surface area contributed by atoms with E-state index in [0.717, 1.165) is 37.7 Å². The van der Waals surface area contributed by atoms with Gasteiger partial charge in [-0.3, -0.25) is 0 Å². The fourth-order valence-electron chi connectivity index (χ4n) is 4.84. The van der Waals surface area contributed by atoms with E-state index in [4.69, 9.17) is 0 Å². The van der Waals surface area contributed by atoms with Crippen molar-refractivity contribution in [1.82, 2.24) is 5.32 Å². The number of nitrogens with one attached hydrogen (secondary N) is 1. The molecule has 2 N–H and O–H groups in total. The maximum Gasteiger partial charge on any atom is 0.573 e. The van der Waals surface area contributed by atoms with Crippen molar-refractivity contribution in [3.63, 3.8) is 0 Å². The highest BCUT2D eigenvalue weighted by atomic mass is 35.5. The standard InChI is InChI=1S/C22H23F4NO2.ClH/c23-17-3-1-2-16(14-17)19(28)21-12-10-20(27-21,11-13-21)9-8-15-4-6-18(7-5-15)29-22(24,25)26;/h1-7,14,19,27-28H,8-13H2;1H. The lowest BCUT2D eigenvalue weighted by Gasteiger charge is -2.32. The average molecular weight is 446 g/mol. The monoisotopic (exact) mass is 445 g/mol. The lowest BCUT2D eigenvalue weighted by atomic mass is 9.76. The third kappa shape index (κ3) is 4.74. The third-order valence-electron chi connectivity index (χ3n) is 6.35. The Hall–Kier alpha value is -1.83. The van der Waals surface area contributed by atoms with Gasteiger partial charge in [0.15, 0.2) is 0 Å². The summed E-state index contributed by atoms with van der Waals surface area (Å²) in [5.41, 5.74) is 0.967. The van der Waals surface area contributed by atoms with Gasteiger partial charge in [0.05, 0.1) is 6.10 Å². The van der Waals surface area contributed by atoms with Gasteiger partial charge in [-0.2, -0.15) is 0 Å². The van der Waals surface area contributed by atoms with E-state index in [1.54, 1.807) is 24.3 Å². The van der Waals surface area contributed by atoms with Crippen LogP contribution in [0, 0.1) is 5.82 Å². The van der Waals surface area contributed by atoms with Crippen molar-refractivity contribution < 1.29 is 27.4 Å². The summed E-state index contributed by atoms with van der Waals surface area (Å²) < 4.78 is 54.3. The molecule has 8 heteroatoms. The fourth-order valence-corrected chi connectivity index (χ4v) is 4.84. The van der Waals surface area contributed by atoms with Crippen LogP contribution in [0.5, 0.6) is 5.75 Å². The van der Waals surface area contributed by atoms with Crippen LogP contribution in [-0.4, -0.2) is 22.5 Å². The number of rotatable bonds is 6. The van der Waals surface area contributed by atoms with Crippen molar-refractivity contribution in [2.75, 3.05) is 0 Å². The van der Waals surface area contributed by atoms with Gasteiger partial charge in [-0.15, -0.1) is 25.6 Å². The van der Waals surface area contributed by atoms with Gasteiger partial charge in [0, 0.05) is 11.1 Å². The van der Waals surface area contributed by atoms with Crippen molar-refractivity contribution in [2.24, 2.45) is 0 Å². The first-order chi connectivity index (χ1) is 13.7. The molecular formula is C22H24ClF4NO2. The summed E-state index contributed by atoms with van der Waals surface area (Å²) in [7, 11) is 0. The fraction of sp³-hybridized carbons (Fsp3) is 0.455. The van der Waals surface area contributed by atoms with Gasteiger partial charge < -0.3 is 15.2 Å². The summed E-state index contributed by atoms with van der Waals surface area (Å²) in [6.45, 7) is 0. The van der Waals surface area contributed by atoms with Gasteiger partial charge in [0.25, 0.3) is 0 Å². The Bertz CT molecular complexity index is 864. The molecule has 0 radical (unpaired) electrons. The lowest BCUT2D eigenvalue weighted by molar-refractivity contribution is -0.274. The molecule has 2 aromatic carbocycles. The molecule has 2 aromatic rings. The molecule has 0 spiro atoms. The molecule has 1 atom stereocenters. The molecule has 30 heavy (non-hydrogen) atoms. The van der Waals surface area contributed by atoms with E-state index >= 15 is 0 Å². The number of benzene rings is 2. The van der Waals surface area contributed by atoms with Gasteiger partial charge >= 0.3 is 6.36 Å². The van der Waals surface area contributed by atoms with Crippen molar-refractivity contribution >= 4 is 12.4 Å². The Morgan fingerprint density at radius 2 is 1.70 bits per heavy atom. The molecule has 2 aliphatic heterocycles. The minimum Gasteiger partial charge on any atom is -0.406 e. The predicted molar refractivity (Wildman–Crippen MR) is 107 cm³/mol. The Labute approximate surface area is 178 Å². The van der Waals surface area contributed by atoms with E-state index in [1.165, 1.54) is 24.3 Å². The van der Waals surface area contributed by atoms with Crippen LogP contribution < -0.4 is 10.1 Å². The minimum atomic E-state index is -4.69. The molecule has 4 rings (SSSR count). The predicted octanol–water partition coefficient (Wildman–Crippen LogP) is 5.47. The number of hydrogen-bond acceptors (Lipinski definition) is 3. The van der Waals surface area contributed by atoms with E-state index in [9.17, 15) is 22.7 Å². The molecular weight excluding hydrogens is 422 g/mol. The van der Waals surface area contributed by atoms with E-state index in [1.807, 2.05) is 0 Å². The summed E-state index contributed by atoms with van der Waals surface area (Å²) >= 11 is 0. The molecule has 2 bridgehead atoms. The van der Waals surface area contributed by atoms with Crippen LogP contribution in [0.4, 0.5) is 17.6 Å². The number of aryl methyl sites for hydroxylation is 1. The Balaban J connectivity index is 0.00000256. The summed E-state index contributed by atoms with van der Waals surface area (Å²) in [4.78, 5) is 0. The average Bonchev–Trinajstić information content (AvgIpc) is 3.24. The molecule has 0 aromatic heterocycles. The summed E-state index contributed by atoms with van der Waals surface area (Å²) in [6, 6.07) is 12.0. The van der Waals surface area contributed by atoms with E-state index in [0.29, 0.717) is 12.0 Å². The number of ether oxygens (including phenoxy) is 1. The zero-order valence-corrected chi connectivity index (χ0v) is 17.0. The first kappa shape index (κ1) is 22.8. The van der Waals surface area contributed by atoms with Crippen LogP contribution in [0.3, 0.4) is 0 Å². The molecule has 2 aliphatic rings. The second-order valence-electron chi connectivity index (χ2n) is 8.21. The topological polar surface area (TPSA) is 41.5 Å². The Morgan fingerprint density at radius 3 is 2.30 bits per heavy atom. The lowest BCUT2D eigenvalue weighted by Crippen LogP contribution is -2.46. The first-order valence-electron chi connectivity index (χ1n) is 9.76. The Morgan fingerprint density at radius 1 is 1.03 bits per heavy atom. The number of aliphatic hydroxyl groups is 1. The quantitative estimate of drug-likeness (QED) is 0.579. The SMILES string of the molecule is Cl.OC(c1cccc(F)c1)C12CCC(CCc3ccc(OC(F)(F)F)cc3)(CC1)N2. The van der Waals surface area contributed by atoms with Gasteiger partial charge in [-0.25, -0.2) is 4.39 Å². The zero-order chi connectivity index (χ0) is 20.7. The maximum absolute atomic E-state index is 13.6. The van der Waals surface area contributed by atoms with Crippen LogP contribution in [-0.2, 0) is 6.42 Å². The molecule has 0 saturated carbocycles. The normalized spacial score (nSPS) is 26.3. The zero-order valence-electron chi connectivity index (χ0n) is 16.2. The second kappa shape index (κ2) is 8.36. The van der Waals surface area contributed by atoms with Gasteiger partial charge in [-0.05, 0) is 73.9 Å². The molecule has 164 valence electrons. The number of aliphatic hydroxyl groups excluding tert-OH is 1. The molecule has 2 saturated heterocycles. The van der Waals surface area contributed by atoms with Crippen LogP contribution in [0.2, 0.25) is 0 Å². The highest BCUT2D eigenvalue weighted by molar-refractivity contribution is 5.85. The molecule has 2 heterocycles. The molecule has 1 unspecified atom stereocenters. The molecule has 2 fully saturated rings. The van der Waals surface area contributed by atoms with Crippen LogP contribution in [0.25, 0.3) is 0 Å². The van der Waals surface area contributed by atoms with Crippen molar-refractivity contribution in [3.8, 4) is 5.75 Å². The number of fused-ring (bicyclic) bond motifs is 2. The number of hydrogen-bond donors (Lipinski definition) is 2. The van der Waals surface area contributed by atoms with Gasteiger partial charge in [-0.1, -0.05) is 24.3 Å². The van der Waals surface area contributed by atoms with Crippen molar-refractivity contribution in [1.29, 1.82) is 0 Å². The number of halogens is 5. The molecule has 0 amide bonds. The highest BCUT2D eigenvalue weighted by Gasteiger charge is 2.56. The maximum atomic E-state index is 13.6. The number of alkyl halides is 3.